The Morgan fingerprint density at radius 2 is 2.05 bits per heavy atom. The van der Waals surface area contributed by atoms with Gasteiger partial charge < -0.3 is 10.4 Å². The fourth-order valence-corrected chi connectivity index (χ4v) is 2.92. The van der Waals surface area contributed by atoms with E-state index in [-0.39, 0.29) is 17.8 Å². The molecule has 2 rings (SSSR count). The van der Waals surface area contributed by atoms with Gasteiger partial charge in [-0.25, -0.2) is 0 Å². The average Bonchev–Trinajstić information content (AvgIpc) is 2.47. The summed E-state index contributed by atoms with van der Waals surface area (Å²) in [6.07, 6.45) is 5.16. The van der Waals surface area contributed by atoms with Gasteiger partial charge in [0.2, 0.25) is 0 Å². The average molecular weight is 299 g/mol. The van der Waals surface area contributed by atoms with Gasteiger partial charge in [-0.3, -0.25) is 10.1 Å². The van der Waals surface area contributed by atoms with Crippen molar-refractivity contribution >= 4 is 17.3 Å². The summed E-state index contributed by atoms with van der Waals surface area (Å²) in [4.78, 5) is 10.6. The highest BCUT2D eigenvalue weighted by molar-refractivity contribution is 6.30. The topological polar surface area (TPSA) is 75.4 Å². The maximum absolute atomic E-state index is 11.0. The minimum absolute atomic E-state index is 0.0221. The lowest BCUT2D eigenvalue weighted by Gasteiger charge is -2.36. The number of hydrogen-bond donors (Lipinski definition) is 2. The number of rotatable bonds is 5. The zero-order valence-corrected chi connectivity index (χ0v) is 12.0. The molecule has 0 amide bonds. The van der Waals surface area contributed by atoms with Crippen LogP contribution in [0.2, 0.25) is 5.02 Å². The van der Waals surface area contributed by atoms with Crippen molar-refractivity contribution in [1.82, 2.24) is 5.32 Å². The number of nitro benzene ring substituents is 1. The van der Waals surface area contributed by atoms with Gasteiger partial charge in [0.05, 0.1) is 11.5 Å². The normalized spacial score (nSPS) is 17.9. The van der Waals surface area contributed by atoms with E-state index in [1.54, 1.807) is 12.1 Å². The summed E-state index contributed by atoms with van der Waals surface area (Å²) in [6.45, 7) is 0.433. The van der Waals surface area contributed by atoms with Crippen LogP contribution in [0.25, 0.3) is 0 Å². The quantitative estimate of drug-likeness (QED) is 0.647. The van der Waals surface area contributed by atoms with E-state index in [0.717, 1.165) is 25.7 Å². The van der Waals surface area contributed by atoms with Crippen LogP contribution in [0.1, 0.15) is 37.7 Å². The molecule has 0 radical (unpaired) electrons. The van der Waals surface area contributed by atoms with Crippen molar-refractivity contribution in [2.45, 2.75) is 44.2 Å². The van der Waals surface area contributed by atoms with Gasteiger partial charge in [0.25, 0.3) is 5.69 Å². The zero-order valence-electron chi connectivity index (χ0n) is 11.3. The molecular weight excluding hydrogens is 280 g/mol. The molecular formula is C14H19ClN2O3. The fourth-order valence-electron chi connectivity index (χ4n) is 2.76. The summed E-state index contributed by atoms with van der Waals surface area (Å²) in [7, 11) is 0. The van der Waals surface area contributed by atoms with Crippen molar-refractivity contribution in [3.8, 4) is 0 Å². The van der Waals surface area contributed by atoms with Gasteiger partial charge >= 0.3 is 0 Å². The largest absolute Gasteiger partial charge is 0.394 e. The third kappa shape index (κ3) is 3.48. The Hall–Kier alpha value is -1.17. The molecule has 1 fully saturated rings. The van der Waals surface area contributed by atoms with E-state index in [9.17, 15) is 15.2 Å². The summed E-state index contributed by atoms with van der Waals surface area (Å²) >= 11 is 5.80. The first-order chi connectivity index (χ1) is 9.56. The molecule has 1 aliphatic rings. The first-order valence-electron chi connectivity index (χ1n) is 6.85. The Morgan fingerprint density at radius 1 is 1.35 bits per heavy atom. The molecule has 0 atom stereocenters. The Morgan fingerprint density at radius 3 is 2.65 bits per heavy atom. The molecule has 110 valence electrons. The summed E-state index contributed by atoms with van der Waals surface area (Å²) in [6, 6.07) is 4.69. The van der Waals surface area contributed by atoms with Crippen molar-refractivity contribution in [2.24, 2.45) is 0 Å². The van der Waals surface area contributed by atoms with Gasteiger partial charge in [0, 0.05) is 28.7 Å². The molecule has 1 aromatic carbocycles. The van der Waals surface area contributed by atoms with E-state index in [0.29, 0.717) is 17.1 Å². The monoisotopic (exact) mass is 298 g/mol. The summed E-state index contributed by atoms with van der Waals surface area (Å²) < 4.78 is 0. The molecule has 0 unspecified atom stereocenters. The van der Waals surface area contributed by atoms with Gasteiger partial charge in [0.15, 0.2) is 0 Å². The van der Waals surface area contributed by atoms with Gasteiger partial charge in [0.1, 0.15) is 0 Å². The maximum Gasteiger partial charge on any atom is 0.275 e. The van der Waals surface area contributed by atoms with Crippen LogP contribution in [0.5, 0.6) is 0 Å². The third-order valence-corrected chi connectivity index (χ3v) is 4.25. The first kappa shape index (κ1) is 15.2. The zero-order chi connectivity index (χ0) is 14.6. The molecule has 0 bridgehead atoms. The van der Waals surface area contributed by atoms with Crippen LogP contribution in [0.15, 0.2) is 18.2 Å². The van der Waals surface area contributed by atoms with E-state index in [4.69, 9.17) is 11.6 Å². The number of benzene rings is 1. The van der Waals surface area contributed by atoms with E-state index in [1.807, 2.05) is 0 Å². The van der Waals surface area contributed by atoms with Crippen molar-refractivity contribution in [3.63, 3.8) is 0 Å². The minimum atomic E-state index is -0.421. The van der Waals surface area contributed by atoms with Crippen LogP contribution in [0.3, 0.4) is 0 Å². The van der Waals surface area contributed by atoms with Crippen LogP contribution < -0.4 is 5.32 Å². The second-order valence-corrected chi connectivity index (χ2v) is 5.82. The number of aliphatic hydroxyl groups is 1. The van der Waals surface area contributed by atoms with Crippen LogP contribution in [0.4, 0.5) is 5.69 Å². The van der Waals surface area contributed by atoms with Crippen LogP contribution in [-0.4, -0.2) is 22.2 Å². The molecule has 1 saturated carbocycles. The van der Waals surface area contributed by atoms with Crippen LogP contribution in [0, 0.1) is 10.1 Å². The van der Waals surface area contributed by atoms with E-state index < -0.39 is 4.92 Å². The number of hydrogen-bond acceptors (Lipinski definition) is 4. The third-order valence-electron chi connectivity index (χ3n) is 4.01. The second-order valence-electron chi connectivity index (χ2n) is 5.38. The highest BCUT2D eigenvalue weighted by Gasteiger charge is 2.31. The van der Waals surface area contributed by atoms with E-state index in [2.05, 4.69) is 5.32 Å². The molecule has 0 spiro atoms. The van der Waals surface area contributed by atoms with Gasteiger partial charge in [-0.05, 0) is 25.0 Å². The first-order valence-corrected chi connectivity index (χ1v) is 7.23. The summed E-state index contributed by atoms with van der Waals surface area (Å²) in [5.74, 6) is 0. The molecule has 6 heteroatoms. The predicted molar refractivity (Wildman–Crippen MR) is 77.8 cm³/mol. The van der Waals surface area contributed by atoms with Crippen LogP contribution >= 0.6 is 11.6 Å². The van der Waals surface area contributed by atoms with E-state index in [1.165, 1.54) is 12.5 Å². The SMILES string of the molecule is O=[N+]([O-])c1cc(Cl)ccc1CNC1(CO)CCCCC1. The highest BCUT2D eigenvalue weighted by Crippen LogP contribution is 2.29. The fraction of sp³-hybridized carbons (Fsp3) is 0.571. The molecule has 5 nitrogen and oxygen atoms in total. The Labute approximate surface area is 123 Å². The summed E-state index contributed by atoms with van der Waals surface area (Å²) in [5, 5.41) is 24.3. The smallest absolute Gasteiger partial charge is 0.275 e. The number of nitrogens with zero attached hydrogens (tertiary/aromatic N) is 1. The Bertz CT molecular complexity index is 487. The number of nitrogens with one attached hydrogen (secondary N) is 1. The Balaban J connectivity index is 2.11. The lowest BCUT2D eigenvalue weighted by molar-refractivity contribution is -0.385. The van der Waals surface area contributed by atoms with E-state index >= 15 is 0 Å². The van der Waals surface area contributed by atoms with Crippen molar-refractivity contribution in [2.75, 3.05) is 6.61 Å². The maximum atomic E-state index is 11.0. The number of nitro groups is 1. The van der Waals surface area contributed by atoms with Gasteiger partial charge in [-0.2, -0.15) is 0 Å². The van der Waals surface area contributed by atoms with Crippen LogP contribution in [-0.2, 0) is 6.54 Å². The molecule has 2 N–H and O–H groups in total. The molecule has 1 aliphatic carbocycles. The minimum Gasteiger partial charge on any atom is -0.394 e. The van der Waals surface area contributed by atoms with Gasteiger partial charge in [-0.1, -0.05) is 30.9 Å². The molecule has 20 heavy (non-hydrogen) atoms. The molecule has 0 aliphatic heterocycles. The second kappa shape index (κ2) is 6.52. The predicted octanol–water partition coefficient (Wildman–Crippen LogP) is 3.03. The van der Waals surface area contributed by atoms with Gasteiger partial charge in [-0.15, -0.1) is 0 Å². The molecule has 1 aromatic rings. The lowest BCUT2D eigenvalue weighted by atomic mass is 9.82. The molecule has 0 saturated heterocycles. The highest BCUT2D eigenvalue weighted by atomic mass is 35.5. The van der Waals surface area contributed by atoms with Crippen molar-refractivity contribution in [3.05, 3.63) is 38.9 Å². The molecule has 0 heterocycles. The molecule has 0 aromatic heterocycles. The number of halogens is 1. The standard InChI is InChI=1S/C14H19ClN2O3/c15-12-5-4-11(13(8-12)17(19)20)9-16-14(10-18)6-2-1-3-7-14/h4-5,8,16,18H,1-3,6-7,9-10H2. The van der Waals surface area contributed by atoms with Crippen molar-refractivity contribution < 1.29 is 10.0 Å². The van der Waals surface area contributed by atoms with Crippen molar-refractivity contribution in [1.29, 1.82) is 0 Å². The lowest BCUT2D eigenvalue weighted by Crippen LogP contribution is -2.49. The summed E-state index contributed by atoms with van der Waals surface area (Å²) in [5.41, 5.74) is 0.317. The Kier molecular flexibility index (Phi) is 4.96. The number of aliphatic hydroxyl groups excluding tert-OH is 1.